The molecule has 23 heavy (non-hydrogen) atoms. The molecular weight excluding hydrogens is 302 g/mol. The molecule has 1 heterocycles. The van der Waals surface area contributed by atoms with Crippen LogP contribution in [0.15, 0.2) is 48.5 Å². The number of hydrogen-bond acceptors (Lipinski definition) is 1. The lowest BCUT2D eigenvalue weighted by Crippen LogP contribution is -2.57. The Morgan fingerprint density at radius 3 is 2.74 bits per heavy atom. The van der Waals surface area contributed by atoms with Gasteiger partial charge in [-0.1, -0.05) is 61.8 Å². The van der Waals surface area contributed by atoms with Gasteiger partial charge in [-0.15, -0.1) is 0 Å². The molecule has 1 fully saturated rings. The van der Waals surface area contributed by atoms with Crippen molar-refractivity contribution in [2.24, 2.45) is 5.92 Å². The van der Waals surface area contributed by atoms with Gasteiger partial charge in [0.2, 0.25) is 0 Å². The molecule has 4 rings (SSSR count). The maximum atomic E-state index is 6.29. The van der Waals surface area contributed by atoms with E-state index < -0.39 is 0 Å². The lowest BCUT2D eigenvalue weighted by atomic mass is 9.59. The van der Waals surface area contributed by atoms with Gasteiger partial charge in [-0.25, -0.2) is 0 Å². The van der Waals surface area contributed by atoms with E-state index in [0.29, 0.717) is 12.0 Å². The predicted molar refractivity (Wildman–Crippen MR) is 96.9 cm³/mol. The third kappa shape index (κ3) is 2.51. The fraction of sp³-hybridized carbons (Fsp3) is 0.429. The topological polar surface area (TPSA) is 3.24 Å². The van der Waals surface area contributed by atoms with E-state index in [4.69, 9.17) is 11.6 Å². The van der Waals surface area contributed by atoms with Crippen LogP contribution in [0.4, 0.5) is 0 Å². The Kier molecular flexibility index (Phi) is 3.74. The number of piperidine rings is 1. The third-order valence-electron chi connectivity index (χ3n) is 6.31. The Morgan fingerprint density at radius 1 is 1.17 bits per heavy atom. The smallest absolute Gasteiger partial charge is 0.0409 e. The van der Waals surface area contributed by atoms with Crippen molar-refractivity contribution in [2.75, 3.05) is 6.54 Å². The molecule has 1 aliphatic carbocycles. The van der Waals surface area contributed by atoms with Crippen LogP contribution in [0.2, 0.25) is 5.02 Å². The average molecular weight is 326 g/mol. The monoisotopic (exact) mass is 325 g/mol. The maximum absolute atomic E-state index is 6.29. The minimum atomic E-state index is 0.260. The summed E-state index contributed by atoms with van der Waals surface area (Å²) in [5.74, 6) is 0.658. The number of likely N-dealkylation sites (tertiary alicyclic amines) is 1. The summed E-state index contributed by atoms with van der Waals surface area (Å²) in [6.07, 6.45) is 2.36. The molecule has 0 aromatic heterocycles. The highest BCUT2D eigenvalue weighted by Crippen LogP contribution is 2.49. The molecule has 3 atom stereocenters. The van der Waals surface area contributed by atoms with Gasteiger partial charge in [0.1, 0.15) is 0 Å². The van der Waals surface area contributed by atoms with Gasteiger partial charge in [-0.05, 0) is 59.5 Å². The van der Waals surface area contributed by atoms with Crippen molar-refractivity contribution >= 4 is 11.6 Å². The fourth-order valence-electron chi connectivity index (χ4n) is 4.69. The highest BCUT2D eigenvalue weighted by atomic mass is 35.5. The minimum Gasteiger partial charge on any atom is -0.295 e. The maximum Gasteiger partial charge on any atom is 0.0409 e. The van der Waals surface area contributed by atoms with Crippen molar-refractivity contribution in [3.8, 4) is 0 Å². The molecule has 2 aromatic carbocycles. The van der Waals surface area contributed by atoms with Crippen molar-refractivity contribution < 1.29 is 0 Å². The average Bonchev–Trinajstić information content (AvgIpc) is 2.55. The summed E-state index contributed by atoms with van der Waals surface area (Å²) < 4.78 is 0. The van der Waals surface area contributed by atoms with Gasteiger partial charge >= 0.3 is 0 Å². The first-order valence-corrected chi connectivity index (χ1v) is 9.02. The third-order valence-corrected chi connectivity index (χ3v) is 6.55. The lowest BCUT2D eigenvalue weighted by Gasteiger charge is -2.54. The standard InChI is InChI=1S/C21H24ClN/c1-15-20-12-17-8-9-18(22)13-19(17)21(15,2)10-11-23(20)14-16-6-4-3-5-7-16/h3-9,13,15,20H,10-12,14H2,1-2H3/t15-,20+,21+/m0/s1. The Bertz CT molecular complexity index is 711. The molecule has 2 aliphatic rings. The molecule has 0 unspecified atom stereocenters. The highest BCUT2D eigenvalue weighted by Gasteiger charge is 2.48. The van der Waals surface area contributed by atoms with Crippen molar-refractivity contribution in [1.29, 1.82) is 0 Å². The van der Waals surface area contributed by atoms with Gasteiger partial charge in [0.05, 0.1) is 0 Å². The number of benzene rings is 2. The normalized spacial score (nSPS) is 30.0. The molecule has 2 heteroatoms. The van der Waals surface area contributed by atoms with Gasteiger partial charge in [0.25, 0.3) is 0 Å². The molecule has 0 saturated carbocycles. The van der Waals surface area contributed by atoms with Crippen LogP contribution in [0, 0.1) is 5.92 Å². The number of halogens is 1. The van der Waals surface area contributed by atoms with Crippen LogP contribution < -0.4 is 0 Å². The zero-order valence-electron chi connectivity index (χ0n) is 13.9. The molecule has 0 radical (unpaired) electrons. The van der Waals surface area contributed by atoms with Crippen LogP contribution in [0.1, 0.15) is 37.0 Å². The zero-order valence-corrected chi connectivity index (χ0v) is 14.7. The first-order chi connectivity index (χ1) is 11.1. The molecule has 120 valence electrons. The second-order valence-electron chi connectivity index (χ2n) is 7.49. The molecule has 0 amide bonds. The largest absolute Gasteiger partial charge is 0.295 e. The Labute approximate surface area is 144 Å². The zero-order chi connectivity index (χ0) is 16.0. The molecule has 0 spiro atoms. The van der Waals surface area contributed by atoms with Crippen molar-refractivity contribution in [3.63, 3.8) is 0 Å². The summed E-state index contributed by atoms with van der Waals surface area (Å²) in [7, 11) is 0. The van der Waals surface area contributed by atoms with Crippen molar-refractivity contribution in [3.05, 3.63) is 70.2 Å². The van der Waals surface area contributed by atoms with Crippen LogP contribution in [0.3, 0.4) is 0 Å². The summed E-state index contributed by atoms with van der Waals surface area (Å²) in [4.78, 5) is 2.69. The summed E-state index contributed by atoms with van der Waals surface area (Å²) in [6, 6.07) is 18.0. The summed E-state index contributed by atoms with van der Waals surface area (Å²) in [5.41, 5.74) is 4.67. The summed E-state index contributed by atoms with van der Waals surface area (Å²) >= 11 is 6.29. The second-order valence-corrected chi connectivity index (χ2v) is 7.92. The first-order valence-electron chi connectivity index (χ1n) is 8.65. The van der Waals surface area contributed by atoms with Crippen LogP contribution in [-0.2, 0) is 18.4 Å². The first kappa shape index (κ1) is 15.2. The quantitative estimate of drug-likeness (QED) is 0.745. The number of rotatable bonds is 2. The molecule has 2 aromatic rings. The second kappa shape index (κ2) is 5.65. The van der Waals surface area contributed by atoms with Crippen LogP contribution in [0.25, 0.3) is 0 Å². The van der Waals surface area contributed by atoms with E-state index >= 15 is 0 Å². The number of nitrogens with zero attached hydrogens (tertiary/aromatic N) is 1. The van der Waals surface area contributed by atoms with E-state index in [0.717, 1.165) is 18.0 Å². The van der Waals surface area contributed by atoms with E-state index in [1.54, 1.807) is 0 Å². The highest BCUT2D eigenvalue weighted by molar-refractivity contribution is 6.30. The SMILES string of the molecule is C[C@H]1[C@H]2Cc3ccc(Cl)cc3[C@]1(C)CCN2Cc1ccccc1. The fourth-order valence-corrected chi connectivity index (χ4v) is 4.87. The molecule has 1 nitrogen and oxygen atoms in total. The Balaban J connectivity index is 1.67. The van der Waals surface area contributed by atoms with Crippen LogP contribution in [-0.4, -0.2) is 17.5 Å². The van der Waals surface area contributed by atoms with E-state index in [2.05, 4.69) is 67.3 Å². The molecule has 1 aliphatic heterocycles. The van der Waals surface area contributed by atoms with E-state index in [1.165, 1.54) is 29.7 Å². The number of hydrogen-bond donors (Lipinski definition) is 0. The van der Waals surface area contributed by atoms with Crippen LogP contribution >= 0.6 is 11.6 Å². The number of fused-ring (bicyclic) bond motifs is 4. The molecule has 1 saturated heterocycles. The van der Waals surface area contributed by atoms with Gasteiger partial charge in [0, 0.05) is 17.6 Å². The summed E-state index contributed by atoms with van der Waals surface area (Å²) in [5, 5.41) is 0.877. The van der Waals surface area contributed by atoms with Crippen LogP contribution in [0.5, 0.6) is 0 Å². The van der Waals surface area contributed by atoms with Gasteiger partial charge in [0.15, 0.2) is 0 Å². The van der Waals surface area contributed by atoms with E-state index in [1.807, 2.05) is 0 Å². The Hall–Kier alpha value is -1.31. The lowest BCUT2D eigenvalue weighted by molar-refractivity contribution is 0.0259. The predicted octanol–water partition coefficient (Wildman–Crippen LogP) is 5.06. The molecular formula is C21H24ClN. The summed E-state index contributed by atoms with van der Waals surface area (Å²) in [6.45, 7) is 7.12. The van der Waals surface area contributed by atoms with Gasteiger partial charge < -0.3 is 0 Å². The van der Waals surface area contributed by atoms with Crippen molar-refractivity contribution in [1.82, 2.24) is 4.90 Å². The molecule has 2 bridgehead atoms. The van der Waals surface area contributed by atoms with E-state index in [9.17, 15) is 0 Å². The minimum absolute atomic E-state index is 0.260. The van der Waals surface area contributed by atoms with Crippen molar-refractivity contribution in [2.45, 2.75) is 44.7 Å². The van der Waals surface area contributed by atoms with Gasteiger partial charge in [-0.2, -0.15) is 0 Å². The molecule has 0 N–H and O–H groups in total. The Morgan fingerprint density at radius 2 is 1.96 bits per heavy atom. The van der Waals surface area contributed by atoms with E-state index in [-0.39, 0.29) is 5.41 Å². The van der Waals surface area contributed by atoms with Gasteiger partial charge in [-0.3, -0.25) is 4.90 Å².